The third-order valence-corrected chi connectivity index (χ3v) is 8.15. The van der Waals surface area contributed by atoms with Crippen LogP contribution in [0.15, 0.2) is 72.8 Å². The summed E-state index contributed by atoms with van der Waals surface area (Å²) < 4.78 is 0. The summed E-state index contributed by atoms with van der Waals surface area (Å²) in [5, 5.41) is 0. The second-order valence-corrected chi connectivity index (χ2v) is 10.8. The molecular weight excluding hydrogens is 384 g/mol. The average Bonchev–Trinajstić information content (AvgIpc) is 3.13. The lowest BCUT2D eigenvalue weighted by molar-refractivity contribution is 0.659. The molecule has 0 N–H and O–H groups in total. The topological polar surface area (TPSA) is 0 Å². The van der Waals surface area contributed by atoms with Gasteiger partial charge in [0.25, 0.3) is 0 Å². The second-order valence-electron chi connectivity index (χ2n) is 10.8. The van der Waals surface area contributed by atoms with Crippen LogP contribution in [0.1, 0.15) is 61.1 Å². The van der Waals surface area contributed by atoms with Crippen molar-refractivity contribution in [1.82, 2.24) is 0 Å². The van der Waals surface area contributed by atoms with Gasteiger partial charge in [-0.15, -0.1) is 0 Å². The zero-order chi connectivity index (χ0) is 22.4. The van der Waals surface area contributed by atoms with E-state index in [4.69, 9.17) is 0 Å². The molecule has 0 saturated heterocycles. The SMILES string of the molecule is Cc1cc2c(cc1-c1cc3c(cc1C)-c1ccccc1C3(C)C)-c1ccccc1C2(C)C. The van der Waals surface area contributed by atoms with Gasteiger partial charge in [-0.3, -0.25) is 0 Å². The van der Waals surface area contributed by atoms with E-state index in [2.05, 4.69) is 114 Å². The smallest absolute Gasteiger partial charge is 0.0159 e. The molecule has 0 bridgehead atoms. The number of fused-ring (bicyclic) bond motifs is 6. The van der Waals surface area contributed by atoms with E-state index < -0.39 is 0 Å². The summed E-state index contributed by atoms with van der Waals surface area (Å²) in [7, 11) is 0. The summed E-state index contributed by atoms with van der Waals surface area (Å²) in [5.41, 5.74) is 16.9. The van der Waals surface area contributed by atoms with Crippen LogP contribution in [-0.2, 0) is 10.8 Å². The minimum atomic E-state index is 0.0214. The predicted molar refractivity (Wildman–Crippen MR) is 136 cm³/mol. The molecule has 0 aromatic heterocycles. The first kappa shape index (κ1) is 19.6. The molecule has 4 aromatic carbocycles. The van der Waals surface area contributed by atoms with Gasteiger partial charge in [-0.1, -0.05) is 88.4 Å². The van der Waals surface area contributed by atoms with E-state index in [0.29, 0.717) is 0 Å². The van der Waals surface area contributed by atoms with Gasteiger partial charge >= 0.3 is 0 Å². The van der Waals surface area contributed by atoms with Crippen LogP contribution in [0, 0.1) is 13.8 Å². The number of rotatable bonds is 1. The summed E-state index contributed by atoms with van der Waals surface area (Å²) in [6, 6.07) is 27.6. The summed E-state index contributed by atoms with van der Waals surface area (Å²) >= 11 is 0. The normalized spacial score (nSPS) is 16.3. The Labute approximate surface area is 192 Å². The van der Waals surface area contributed by atoms with Gasteiger partial charge in [-0.2, -0.15) is 0 Å². The van der Waals surface area contributed by atoms with Crippen LogP contribution < -0.4 is 0 Å². The molecule has 0 aliphatic heterocycles. The minimum absolute atomic E-state index is 0.0214. The predicted octanol–water partition coefficient (Wildman–Crippen LogP) is 8.58. The number of aryl methyl sites for hydroxylation is 2. The van der Waals surface area contributed by atoms with Gasteiger partial charge in [0.1, 0.15) is 0 Å². The Morgan fingerprint density at radius 3 is 1.44 bits per heavy atom. The van der Waals surface area contributed by atoms with Crippen LogP contribution >= 0.6 is 0 Å². The lowest BCUT2D eigenvalue weighted by Gasteiger charge is -2.24. The van der Waals surface area contributed by atoms with Crippen LogP contribution in [0.25, 0.3) is 33.4 Å². The largest absolute Gasteiger partial charge is 0.0619 e. The molecule has 0 atom stereocenters. The Morgan fingerprint density at radius 2 is 0.844 bits per heavy atom. The molecule has 4 aromatic rings. The zero-order valence-electron chi connectivity index (χ0n) is 19.9. The van der Waals surface area contributed by atoms with Crippen LogP contribution in [0.3, 0.4) is 0 Å². The summed E-state index contributed by atoms with van der Waals surface area (Å²) in [6.07, 6.45) is 0. The van der Waals surface area contributed by atoms with Gasteiger partial charge in [0.05, 0.1) is 0 Å². The van der Waals surface area contributed by atoms with Crippen LogP contribution in [-0.4, -0.2) is 0 Å². The highest BCUT2D eigenvalue weighted by molar-refractivity contribution is 5.89. The van der Waals surface area contributed by atoms with Gasteiger partial charge in [0, 0.05) is 10.8 Å². The standard InChI is InChI=1S/C32H30/c1-19-15-25-21-11-7-9-13-27(21)32(5,6)30(25)18-24(19)23-17-26-22-12-8-10-14-28(22)31(3,4)29(26)16-20(23)2/h7-18H,1-6H3. The van der Waals surface area contributed by atoms with Crippen molar-refractivity contribution in [2.75, 3.05) is 0 Å². The first-order valence-electron chi connectivity index (χ1n) is 11.7. The minimum Gasteiger partial charge on any atom is -0.0619 e. The quantitative estimate of drug-likeness (QED) is 0.292. The molecule has 32 heavy (non-hydrogen) atoms. The van der Waals surface area contributed by atoms with Crippen molar-refractivity contribution < 1.29 is 0 Å². The highest BCUT2D eigenvalue weighted by Gasteiger charge is 2.37. The Kier molecular flexibility index (Phi) is 3.81. The van der Waals surface area contributed by atoms with E-state index in [1.165, 1.54) is 66.8 Å². The fourth-order valence-corrected chi connectivity index (χ4v) is 6.29. The lowest BCUT2D eigenvalue weighted by Crippen LogP contribution is -2.15. The Bertz CT molecular complexity index is 1430. The molecular formula is C32H30. The van der Waals surface area contributed by atoms with Crippen molar-refractivity contribution in [3.05, 3.63) is 106 Å². The maximum atomic E-state index is 2.48. The van der Waals surface area contributed by atoms with Crippen molar-refractivity contribution in [3.8, 4) is 33.4 Å². The van der Waals surface area contributed by atoms with Crippen LogP contribution in [0.5, 0.6) is 0 Å². The Morgan fingerprint density at radius 1 is 0.406 bits per heavy atom. The summed E-state index contributed by atoms with van der Waals surface area (Å²) in [5.74, 6) is 0. The van der Waals surface area contributed by atoms with Crippen LogP contribution in [0.4, 0.5) is 0 Å². The number of hydrogen-bond acceptors (Lipinski definition) is 0. The summed E-state index contributed by atoms with van der Waals surface area (Å²) in [6.45, 7) is 14.0. The van der Waals surface area contributed by atoms with E-state index >= 15 is 0 Å². The fourth-order valence-electron chi connectivity index (χ4n) is 6.29. The van der Waals surface area contributed by atoms with Gasteiger partial charge in [0.15, 0.2) is 0 Å². The Balaban J connectivity index is 1.59. The maximum absolute atomic E-state index is 2.48. The molecule has 0 heterocycles. The number of benzene rings is 4. The first-order chi connectivity index (χ1) is 15.2. The van der Waals surface area contributed by atoms with Crippen molar-refractivity contribution in [2.45, 2.75) is 52.4 Å². The molecule has 158 valence electrons. The van der Waals surface area contributed by atoms with Gasteiger partial charge < -0.3 is 0 Å². The van der Waals surface area contributed by atoms with Crippen molar-refractivity contribution in [1.29, 1.82) is 0 Å². The average molecular weight is 415 g/mol. The highest BCUT2D eigenvalue weighted by atomic mass is 14.4. The molecule has 0 fully saturated rings. The fraction of sp³-hybridized carbons (Fsp3) is 0.250. The van der Waals surface area contributed by atoms with Crippen molar-refractivity contribution >= 4 is 0 Å². The number of hydrogen-bond donors (Lipinski definition) is 0. The molecule has 0 unspecified atom stereocenters. The molecule has 0 amide bonds. The molecule has 0 radical (unpaired) electrons. The molecule has 2 aliphatic rings. The monoisotopic (exact) mass is 414 g/mol. The Hall–Kier alpha value is -3.12. The molecule has 0 heteroatoms. The first-order valence-corrected chi connectivity index (χ1v) is 11.7. The molecule has 2 aliphatic carbocycles. The summed E-state index contributed by atoms with van der Waals surface area (Å²) in [4.78, 5) is 0. The van der Waals surface area contributed by atoms with Gasteiger partial charge in [-0.25, -0.2) is 0 Å². The molecule has 0 spiro atoms. The van der Waals surface area contributed by atoms with E-state index in [1.54, 1.807) is 0 Å². The zero-order valence-corrected chi connectivity index (χ0v) is 19.9. The van der Waals surface area contributed by atoms with Crippen molar-refractivity contribution in [2.24, 2.45) is 0 Å². The lowest BCUT2D eigenvalue weighted by atomic mass is 9.79. The van der Waals surface area contributed by atoms with E-state index in [9.17, 15) is 0 Å². The maximum Gasteiger partial charge on any atom is 0.0159 e. The molecule has 6 rings (SSSR count). The highest BCUT2D eigenvalue weighted by Crippen LogP contribution is 2.53. The second kappa shape index (κ2) is 6.23. The van der Waals surface area contributed by atoms with E-state index in [0.717, 1.165) is 0 Å². The van der Waals surface area contributed by atoms with Crippen molar-refractivity contribution in [3.63, 3.8) is 0 Å². The van der Waals surface area contributed by atoms with E-state index in [-0.39, 0.29) is 10.8 Å². The van der Waals surface area contributed by atoms with Crippen LogP contribution in [0.2, 0.25) is 0 Å². The van der Waals surface area contributed by atoms with Gasteiger partial charge in [-0.05, 0) is 92.7 Å². The van der Waals surface area contributed by atoms with E-state index in [1.807, 2.05) is 0 Å². The third-order valence-electron chi connectivity index (χ3n) is 8.15. The van der Waals surface area contributed by atoms with Gasteiger partial charge in [0.2, 0.25) is 0 Å². The molecule has 0 nitrogen and oxygen atoms in total. The molecule has 0 saturated carbocycles. The third kappa shape index (κ3) is 2.39.